The highest BCUT2D eigenvalue weighted by atomic mass is 16.3. The number of fused-ring (bicyclic) bond motifs is 1. The van der Waals surface area contributed by atoms with Gasteiger partial charge in [0.2, 0.25) is 0 Å². The van der Waals surface area contributed by atoms with Crippen LogP contribution in [0.4, 0.5) is 0 Å². The molecule has 3 aromatic rings. The predicted octanol–water partition coefficient (Wildman–Crippen LogP) is 3.22. The molecule has 1 aliphatic carbocycles. The van der Waals surface area contributed by atoms with Gasteiger partial charge < -0.3 is 10.1 Å². The third-order valence-electron chi connectivity index (χ3n) is 5.35. The number of H-pyrrole nitrogens is 1. The second-order valence-corrected chi connectivity index (χ2v) is 8.55. The predicted molar refractivity (Wildman–Crippen MR) is 105 cm³/mol. The highest BCUT2D eigenvalue weighted by Crippen LogP contribution is 2.44. The summed E-state index contributed by atoms with van der Waals surface area (Å²) < 4.78 is 1.85. The molecule has 2 heterocycles. The topological polar surface area (TPSA) is 83.8 Å². The molecule has 6 heteroatoms. The fourth-order valence-corrected chi connectivity index (χ4v) is 3.73. The molecule has 6 nitrogen and oxygen atoms in total. The van der Waals surface area contributed by atoms with Crippen LogP contribution in [0.25, 0.3) is 11.0 Å². The number of hydrogen-bond donors (Lipinski definition) is 2. The number of aromatic nitrogens is 4. The highest BCUT2D eigenvalue weighted by Gasteiger charge is 2.36. The first-order chi connectivity index (χ1) is 12.8. The van der Waals surface area contributed by atoms with E-state index in [0.29, 0.717) is 28.5 Å². The molecule has 0 amide bonds. The molecular weight excluding hydrogens is 340 g/mol. The summed E-state index contributed by atoms with van der Waals surface area (Å²) in [4.78, 5) is 19.7. The number of benzene rings is 1. The van der Waals surface area contributed by atoms with Crippen LogP contribution in [0, 0.1) is 12.8 Å². The van der Waals surface area contributed by atoms with Gasteiger partial charge in [0, 0.05) is 0 Å². The van der Waals surface area contributed by atoms with Gasteiger partial charge in [-0.3, -0.25) is 4.79 Å². The minimum Gasteiger partial charge on any atom is -0.390 e. The summed E-state index contributed by atoms with van der Waals surface area (Å²) in [6.45, 7) is 8.09. The summed E-state index contributed by atoms with van der Waals surface area (Å²) >= 11 is 0. The van der Waals surface area contributed by atoms with Crippen molar-refractivity contribution < 1.29 is 5.11 Å². The second kappa shape index (κ2) is 6.30. The van der Waals surface area contributed by atoms with E-state index in [1.54, 1.807) is 6.92 Å². The van der Waals surface area contributed by atoms with E-state index in [9.17, 15) is 9.90 Å². The molecular formula is C21H26N4O2. The van der Waals surface area contributed by atoms with Crippen LogP contribution < -0.4 is 5.56 Å². The lowest BCUT2D eigenvalue weighted by molar-refractivity contribution is 0.275. The lowest BCUT2D eigenvalue weighted by atomic mass is 9.86. The normalized spacial score (nSPS) is 16.0. The Morgan fingerprint density at radius 1 is 1.26 bits per heavy atom. The Morgan fingerprint density at radius 3 is 2.48 bits per heavy atom. The summed E-state index contributed by atoms with van der Waals surface area (Å²) in [5.41, 5.74) is 3.24. The van der Waals surface area contributed by atoms with Gasteiger partial charge in [0.1, 0.15) is 16.9 Å². The van der Waals surface area contributed by atoms with E-state index in [0.717, 1.165) is 12.8 Å². The van der Waals surface area contributed by atoms with E-state index < -0.39 is 0 Å². The van der Waals surface area contributed by atoms with Crippen molar-refractivity contribution >= 4 is 11.0 Å². The molecule has 27 heavy (non-hydrogen) atoms. The summed E-state index contributed by atoms with van der Waals surface area (Å²) in [7, 11) is 0. The zero-order chi connectivity index (χ0) is 19.3. The van der Waals surface area contributed by atoms with Gasteiger partial charge in [-0.15, -0.1) is 0 Å². The van der Waals surface area contributed by atoms with Crippen molar-refractivity contribution in [2.75, 3.05) is 0 Å². The second-order valence-electron chi connectivity index (χ2n) is 8.55. The Balaban J connectivity index is 1.88. The van der Waals surface area contributed by atoms with Gasteiger partial charge >= 0.3 is 0 Å². The molecule has 1 saturated carbocycles. The quantitative estimate of drug-likeness (QED) is 0.743. The van der Waals surface area contributed by atoms with Crippen LogP contribution in [0.1, 0.15) is 62.3 Å². The number of hydrogen-bond acceptors (Lipinski definition) is 4. The Morgan fingerprint density at radius 2 is 1.93 bits per heavy atom. The minimum absolute atomic E-state index is 0.0236. The SMILES string of the molecule is Cc1nc2c(c(CO)nn2C(c2ccc(C(C)(C)C)cc2)C2CC2)c(=O)[nH]1. The summed E-state index contributed by atoms with van der Waals surface area (Å²) in [6, 6.07) is 8.70. The maximum atomic E-state index is 12.4. The van der Waals surface area contributed by atoms with Crippen LogP contribution in [0.3, 0.4) is 0 Å². The first-order valence-corrected chi connectivity index (χ1v) is 9.49. The maximum Gasteiger partial charge on any atom is 0.262 e. The fourth-order valence-electron chi connectivity index (χ4n) is 3.73. The van der Waals surface area contributed by atoms with Crippen LogP contribution in [0.5, 0.6) is 0 Å². The molecule has 0 radical (unpaired) electrons. The number of aromatic amines is 1. The number of aryl methyl sites for hydroxylation is 1. The standard InChI is InChI=1S/C21H26N4O2/c1-12-22-19-17(20(27)23-12)16(11-26)24-25(19)18(13-5-6-13)14-7-9-15(10-8-14)21(2,3)4/h7-10,13,18,26H,5-6,11H2,1-4H3,(H,22,23,27). The van der Waals surface area contributed by atoms with Gasteiger partial charge in [0.25, 0.3) is 5.56 Å². The van der Waals surface area contributed by atoms with Crippen molar-refractivity contribution in [2.45, 2.75) is 58.6 Å². The lowest BCUT2D eigenvalue weighted by Crippen LogP contribution is -2.17. The van der Waals surface area contributed by atoms with E-state index in [1.165, 1.54) is 11.1 Å². The smallest absolute Gasteiger partial charge is 0.262 e. The average molecular weight is 366 g/mol. The molecule has 2 aromatic heterocycles. The van der Waals surface area contributed by atoms with Crippen molar-refractivity contribution in [3.8, 4) is 0 Å². The van der Waals surface area contributed by atoms with E-state index in [-0.39, 0.29) is 23.6 Å². The van der Waals surface area contributed by atoms with Crippen LogP contribution in [-0.2, 0) is 12.0 Å². The molecule has 1 unspecified atom stereocenters. The van der Waals surface area contributed by atoms with Crippen molar-refractivity contribution in [3.63, 3.8) is 0 Å². The summed E-state index contributed by atoms with van der Waals surface area (Å²) in [5, 5.41) is 14.7. The van der Waals surface area contributed by atoms with Crippen molar-refractivity contribution in [2.24, 2.45) is 5.92 Å². The first-order valence-electron chi connectivity index (χ1n) is 9.49. The number of nitrogens with zero attached hydrogens (tertiary/aromatic N) is 3. The molecule has 1 aromatic carbocycles. The third-order valence-corrected chi connectivity index (χ3v) is 5.35. The molecule has 142 valence electrons. The zero-order valence-electron chi connectivity index (χ0n) is 16.3. The van der Waals surface area contributed by atoms with Crippen molar-refractivity contribution in [3.05, 3.63) is 57.3 Å². The lowest BCUT2D eigenvalue weighted by Gasteiger charge is -2.22. The largest absolute Gasteiger partial charge is 0.390 e. The number of nitrogens with one attached hydrogen (secondary N) is 1. The highest BCUT2D eigenvalue weighted by molar-refractivity contribution is 5.77. The summed E-state index contributed by atoms with van der Waals surface area (Å²) in [6.07, 6.45) is 2.26. The zero-order valence-corrected chi connectivity index (χ0v) is 16.3. The van der Waals surface area contributed by atoms with E-state index in [4.69, 9.17) is 0 Å². The molecule has 0 saturated heterocycles. The Kier molecular flexibility index (Phi) is 4.18. The Bertz CT molecular complexity index is 1040. The van der Waals surface area contributed by atoms with Gasteiger partial charge in [-0.05, 0) is 42.2 Å². The van der Waals surface area contributed by atoms with Crippen molar-refractivity contribution in [1.82, 2.24) is 19.7 Å². The minimum atomic E-state index is -0.280. The average Bonchev–Trinajstić information content (AvgIpc) is 3.36. The van der Waals surface area contributed by atoms with Crippen LogP contribution >= 0.6 is 0 Å². The molecule has 0 spiro atoms. The Labute approximate surface area is 158 Å². The molecule has 1 atom stereocenters. The molecule has 4 rings (SSSR count). The first kappa shape index (κ1) is 17.9. The number of aliphatic hydroxyl groups excluding tert-OH is 1. The van der Waals surface area contributed by atoms with Gasteiger partial charge in [-0.25, -0.2) is 9.67 Å². The van der Waals surface area contributed by atoms with Crippen LogP contribution in [0.15, 0.2) is 29.1 Å². The summed E-state index contributed by atoms with van der Waals surface area (Å²) in [5.74, 6) is 1.03. The Hall–Kier alpha value is -2.47. The van der Waals surface area contributed by atoms with E-state index in [2.05, 4.69) is 60.1 Å². The van der Waals surface area contributed by atoms with Gasteiger partial charge in [-0.2, -0.15) is 5.10 Å². The maximum absolute atomic E-state index is 12.4. The van der Waals surface area contributed by atoms with Crippen molar-refractivity contribution in [1.29, 1.82) is 0 Å². The van der Waals surface area contributed by atoms with Gasteiger partial charge in [-0.1, -0.05) is 45.0 Å². The molecule has 1 aliphatic rings. The van der Waals surface area contributed by atoms with Crippen LogP contribution in [-0.4, -0.2) is 24.9 Å². The molecule has 1 fully saturated rings. The number of rotatable bonds is 4. The molecule has 2 N–H and O–H groups in total. The molecule has 0 bridgehead atoms. The number of aliphatic hydroxyl groups is 1. The van der Waals surface area contributed by atoms with E-state index >= 15 is 0 Å². The monoisotopic (exact) mass is 366 g/mol. The van der Waals surface area contributed by atoms with Crippen LogP contribution in [0.2, 0.25) is 0 Å². The third kappa shape index (κ3) is 3.18. The fraction of sp³-hybridized carbons (Fsp3) is 0.476. The van der Waals surface area contributed by atoms with Gasteiger partial charge in [0.05, 0.1) is 12.6 Å². The van der Waals surface area contributed by atoms with Gasteiger partial charge in [0.15, 0.2) is 5.65 Å². The molecule has 0 aliphatic heterocycles. The van der Waals surface area contributed by atoms with E-state index in [1.807, 2.05) is 4.68 Å².